The lowest BCUT2D eigenvalue weighted by Gasteiger charge is -2.07. The third-order valence-electron chi connectivity index (χ3n) is 4.11. The highest BCUT2D eigenvalue weighted by molar-refractivity contribution is 6.30. The van der Waals surface area contributed by atoms with E-state index < -0.39 is 5.97 Å². The van der Waals surface area contributed by atoms with Crippen LogP contribution in [-0.2, 0) is 9.53 Å². The topological polar surface area (TPSA) is 83.6 Å². The van der Waals surface area contributed by atoms with Crippen LogP contribution in [0.5, 0.6) is 5.75 Å². The highest BCUT2D eigenvalue weighted by Crippen LogP contribution is 2.21. The van der Waals surface area contributed by atoms with Crippen LogP contribution in [0.25, 0.3) is 5.82 Å². The maximum absolute atomic E-state index is 12.5. The normalized spacial score (nSPS) is 10.7. The molecule has 0 bridgehead atoms. The van der Waals surface area contributed by atoms with Crippen LogP contribution >= 0.6 is 11.6 Å². The van der Waals surface area contributed by atoms with E-state index in [0.717, 1.165) is 5.69 Å². The smallest absolute Gasteiger partial charge is 0.344 e. The first kappa shape index (κ1) is 19.7. The van der Waals surface area contributed by atoms with Gasteiger partial charge >= 0.3 is 5.97 Å². The summed E-state index contributed by atoms with van der Waals surface area (Å²) in [5, 5.41) is 4.55. The molecule has 8 heteroatoms. The molecule has 0 N–H and O–H groups in total. The quantitative estimate of drug-likeness (QED) is 0.441. The van der Waals surface area contributed by atoms with E-state index in [0.29, 0.717) is 33.6 Å². The molecule has 146 valence electrons. The molecule has 0 aliphatic rings. The summed E-state index contributed by atoms with van der Waals surface area (Å²) in [6, 6.07) is 10.1. The molecule has 0 radical (unpaired) electrons. The van der Waals surface area contributed by atoms with Crippen LogP contribution in [0.15, 0.2) is 40.9 Å². The van der Waals surface area contributed by atoms with E-state index >= 15 is 0 Å². The average molecular weight is 403 g/mol. The first-order chi connectivity index (χ1) is 13.3. The Kier molecular flexibility index (Phi) is 5.84. The molecular weight excluding hydrogens is 384 g/mol. The van der Waals surface area contributed by atoms with Crippen molar-refractivity contribution in [2.24, 2.45) is 0 Å². The van der Waals surface area contributed by atoms with Crippen molar-refractivity contribution in [1.29, 1.82) is 0 Å². The molecule has 0 unspecified atom stereocenters. The number of halogens is 1. The number of benzene rings is 1. The number of carbonyl (C=O) groups excluding carboxylic acids is 2. The lowest BCUT2D eigenvalue weighted by Crippen LogP contribution is -2.19. The minimum Gasteiger partial charge on any atom is -0.482 e. The molecule has 0 saturated carbocycles. The number of aryl methyl sites for hydroxylation is 2. The van der Waals surface area contributed by atoms with E-state index in [1.54, 1.807) is 50.2 Å². The fourth-order valence-electron chi connectivity index (χ4n) is 2.79. The lowest BCUT2D eigenvalue weighted by molar-refractivity contribution is -0.144. The number of hydrogen-bond acceptors (Lipinski definition) is 6. The molecule has 28 heavy (non-hydrogen) atoms. The highest BCUT2D eigenvalue weighted by atomic mass is 35.5. The van der Waals surface area contributed by atoms with Gasteiger partial charge in [0, 0.05) is 28.0 Å². The van der Waals surface area contributed by atoms with E-state index in [9.17, 15) is 9.59 Å². The van der Waals surface area contributed by atoms with Crippen LogP contribution in [0.4, 0.5) is 0 Å². The third kappa shape index (κ3) is 4.43. The number of hydrogen-bond donors (Lipinski definition) is 0. The van der Waals surface area contributed by atoms with Crippen molar-refractivity contribution in [3.05, 3.63) is 64.1 Å². The molecule has 2 aromatic heterocycles. The number of ketones is 1. The molecule has 0 atom stereocenters. The Morgan fingerprint density at radius 2 is 1.82 bits per heavy atom. The summed E-state index contributed by atoms with van der Waals surface area (Å²) in [6.45, 7) is 4.79. The summed E-state index contributed by atoms with van der Waals surface area (Å²) in [4.78, 5) is 24.3. The second-order valence-electron chi connectivity index (χ2n) is 6.24. The van der Waals surface area contributed by atoms with Crippen LogP contribution in [0.1, 0.15) is 27.5 Å². The van der Waals surface area contributed by atoms with Crippen LogP contribution < -0.4 is 4.74 Å². The van der Waals surface area contributed by atoms with Crippen molar-refractivity contribution < 1.29 is 23.6 Å². The first-order valence-corrected chi connectivity index (χ1v) is 8.93. The molecule has 3 rings (SSSR count). The van der Waals surface area contributed by atoms with Gasteiger partial charge in [-0.15, -0.1) is 0 Å². The summed E-state index contributed by atoms with van der Waals surface area (Å²) in [7, 11) is 0. The third-order valence-corrected chi connectivity index (χ3v) is 4.36. The molecule has 2 heterocycles. The van der Waals surface area contributed by atoms with Gasteiger partial charge in [0.05, 0.1) is 0 Å². The summed E-state index contributed by atoms with van der Waals surface area (Å²) in [5.41, 5.74) is 1.99. The molecule has 0 aliphatic carbocycles. The number of carbonyl (C=O) groups is 2. The van der Waals surface area contributed by atoms with Crippen molar-refractivity contribution in [1.82, 2.24) is 9.72 Å². The van der Waals surface area contributed by atoms with Crippen molar-refractivity contribution in [3.63, 3.8) is 0 Å². The van der Waals surface area contributed by atoms with Crippen molar-refractivity contribution >= 4 is 23.4 Å². The number of Topliss-reactive ketones (excluding diaryl/α,β-unsaturated/α-hetero) is 1. The Labute approximate surface area is 166 Å². The Bertz CT molecular complexity index is 1000. The Balaban J connectivity index is 1.59. The van der Waals surface area contributed by atoms with E-state index in [-0.39, 0.29) is 19.0 Å². The molecule has 0 fully saturated rings. The summed E-state index contributed by atoms with van der Waals surface area (Å²) >= 11 is 5.79. The van der Waals surface area contributed by atoms with Crippen molar-refractivity contribution in [2.75, 3.05) is 13.2 Å². The van der Waals surface area contributed by atoms with Gasteiger partial charge < -0.3 is 14.0 Å². The molecule has 0 amide bonds. The van der Waals surface area contributed by atoms with Crippen molar-refractivity contribution in [3.8, 4) is 11.6 Å². The van der Waals surface area contributed by atoms with Crippen LogP contribution in [0, 0.1) is 20.8 Å². The number of rotatable bonds is 7. The summed E-state index contributed by atoms with van der Waals surface area (Å²) in [6.07, 6.45) is 0. The predicted octanol–water partition coefficient (Wildman–Crippen LogP) is 3.85. The van der Waals surface area contributed by atoms with Gasteiger partial charge in [-0.05, 0) is 51.1 Å². The van der Waals surface area contributed by atoms with Gasteiger partial charge in [-0.3, -0.25) is 9.36 Å². The van der Waals surface area contributed by atoms with E-state index in [4.69, 9.17) is 25.6 Å². The van der Waals surface area contributed by atoms with Gasteiger partial charge in [0.15, 0.2) is 19.0 Å². The van der Waals surface area contributed by atoms with Gasteiger partial charge in [-0.2, -0.15) is 0 Å². The maximum Gasteiger partial charge on any atom is 0.344 e. The standard InChI is InChI=1S/C20H19ClN2O5/c1-12-8-17(14(3)23(12)19-9-13(2)28-22-19)18(24)10-27-20(25)11-26-16-6-4-15(21)5-7-16/h4-9H,10-11H2,1-3H3. The number of nitrogens with zero attached hydrogens (tertiary/aromatic N) is 2. The van der Waals surface area contributed by atoms with Crippen LogP contribution in [0.2, 0.25) is 5.02 Å². The number of ether oxygens (including phenoxy) is 2. The molecular formula is C20H19ClN2O5. The number of aromatic nitrogens is 2. The Morgan fingerprint density at radius 1 is 1.11 bits per heavy atom. The zero-order valence-electron chi connectivity index (χ0n) is 15.7. The predicted molar refractivity (Wildman–Crippen MR) is 102 cm³/mol. The lowest BCUT2D eigenvalue weighted by atomic mass is 10.1. The fraction of sp³-hybridized carbons (Fsp3) is 0.250. The Morgan fingerprint density at radius 3 is 2.46 bits per heavy atom. The second kappa shape index (κ2) is 8.31. The zero-order valence-corrected chi connectivity index (χ0v) is 16.4. The van der Waals surface area contributed by atoms with Gasteiger partial charge in [0.1, 0.15) is 11.5 Å². The highest BCUT2D eigenvalue weighted by Gasteiger charge is 2.19. The van der Waals surface area contributed by atoms with E-state index in [1.807, 2.05) is 11.5 Å². The average Bonchev–Trinajstić information content (AvgIpc) is 3.21. The molecule has 1 aromatic carbocycles. The minimum absolute atomic E-state index is 0.299. The summed E-state index contributed by atoms with van der Waals surface area (Å²) < 4.78 is 17.3. The SMILES string of the molecule is Cc1cc(-n2c(C)cc(C(=O)COC(=O)COc3ccc(Cl)cc3)c2C)no1. The minimum atomic E-state index is -0.635. The van der Waals surface area contributed by atoms with Crippen LogP contribution in [0.3, 0.4) is 0 Å². The molecule has 7 nitrogen and oxygen atoms in total. The van der Waals surface area contributed by atoms with Gasteiger partial charge in [-0.1, -0.05) is 16.8 Å². The monoisotopic (exact) mass is 402 g/mol. The number of esters is 1. The second-order valence-corrected chi connectivity index (χ2v) is 6.68. The molecule has 3 aromatic rings. The molecule has 0 aliphatic heterocycles. The maximum atomic E-state index is 12.5. The van der Waals surface area contributed by atoms with Crippen LogP contribution in [-0.4, -0.2) is 34.7 Å². The van der Waals surface area contributed by atoms with Gasteiger partial charge in [-0.25, -0.2) is 4.79 Å². The first-order valence-electron chi connectivity index (χ1n) is 8.55. The van der Waals surface area contributed by atoms with E-state index in [1.165, 1.54) is 0 Å². The van der Waals surface area contributed by atoms with Crippen molar-refractivity contribution in [2.45, 2.75) is 20.8 Å². The summed E-state index contributed by atoms with van der Waals surface area (Å²) in [5.74, 6) is 0.813. The van der Waals surface area contributed by atoms with Gasteiger partial charge in [0.25, 0.3) is 0 Å². The van der Waals surface area contributed by atoms with E-state index in [2.05, 4.69) is 5.16 Å². The van der Waals surface area contributed by atoms with Gasteiger partial charge in [0.2, 0.25) is 5.78 Å². The Hall–Kier alpha value is -3.06. The molecule has 0 spiro atoms. The zero-order chi connectivity index (χ0) is 20.3. The molecule has 0 saturated heterocycles. The fourth-order valence-corrected chi connectivity index (χ4v) is 2.92. The largest absolute Gasteiger partial charge is 0.482 e.